The van der Waals surface area contributed by atoms with Crippen molar-refractivity contribution in [3.8, 4) is 34.2 Å². The lowest BCUT2D eigenvalue weighted by Gasteiger charge is -2.28. The number of aromatic amines is 2. The predicted molar refractivity (Wildman–Crippen MR) is 245 cm³/mol. The van der Waals surface area contributed by atoms with Crippen molar-refractivity contribution in [1.29, 1.82) is 0 Å². The second-order valence-electron chi connectivity index (χ2n) is 16.9. The number of fused-ring (bicyclic) bond motifs is 3. The quantitative estimate of drug-likeness (QED) is 0.0838. The molecule has 2 aromatic heterocycles. The summed E-state index contributed by atoms with van der Waals surface area (Å²) in [6.45, 7) is 7.11. The Morgan fingerprint density at radius 1 is 0.906 bits per heavy atom. The van der Waals surface area contributed by atoms with E-state index in [1.54, 1.807) is 9.80 Å². The topological polar surface area (TPSA) is 175 Å². The second-order valence-corrected chi connectivity index (χ2v) is 16.9. The van der Waals surface area contributed by atoms with Crippen molar-refractivity contribution >= 4 is 45.8 Å². The third-order valence-electron chi connectivity index (χ3n) is 12.0. The van der Waals surface area contributed by atoms with Gasteiger partial charge < -0.3 is 39.9 Å². The Bertz CT molecular complexity index is 2750. The van der Waals surface area contributed by atoms with Gasteiger partial charge in [0.15, 0.2) is 0 Å². The van der Waals surface area contributed by atoms with Crippen LogP contribution in [0.4, 0.5) is 9.59 Å². The number of ether oxygens (including phenoxy) is 2. The van der Waals surface area contributed by atoms with Crippen LogP contribution in [0, 0.1) is 23.7 Å². The Morgan fingerprint density at radius 3 is 2.41 bits per heavy atom. The average Bonchev–Trinajstić information content (AvgIpc) is 3.62. The highest BCUT2D eigenvalue weighted by atomic mass is 16.5. The van der Waals surface area contributed by atoms with Gasteiger partial charge in [-0.15, -0.1) is 0 Å². The maximum Gasteiger partial charge on any atom is 0.407 e. The molecule has 3 atom stereocenters. The summed E-state index contributed by atoms with van der Waals surface area (Å²) in [5, 5.41) is 7.46. The average molecular weight is 863 g/mol. The Kier molecular flexibility index (Phi) is 13.0. The first-order valence-electron chi connectivity index (χ1n) is 22.0. The zero-order chi connectivity index (χ0) is 44.9. The highest BCUT2D eigenvalue weighted by Crippen LogP contribution is 2.36. The molecule has 4 aromatic carbocycles. The van der Waals surface area contributed by atoms with Crippen LogP contribution in [0.2, 0.25) is 0 Å². The fraction of sp³-hybridized carbons (Fsp3) is 0.360. The molecule has 6 aromatic rings. The summed E-state index contributed by atoms with van der Waals surface area (Å²) in [7, 11) is 2.57. The first-order chi connectivity index (χ1) is 31.0. The van der Waals surface area contributed by atoms with Crippen LogP contribution in [-0.2, 0) is 25.6 Å². The lowest BCUT2D eigenvalue weighted by molar-refractivity contribution is -0.135. The number of alkyl carbamates (subject to hydrolysis) is 2. The molecule has 2 fully saturated rings. The maximum atomic E-state index is 14.1. The number of H-pyrrole nitrogens is 2. The molecule has 1 saturated carbocycles. The number of carbonyl (C=O) groups excluding carboxylic acids is 4. The number of benzene rings is 4. The van der Waals surface area contributed by atoms with Crippen LogP contribution < -0.4 is 10.6 Å². The van der Waals surface area contributed by atoms with Crippen LogP contribution in [0.15, 0.2) is 85.1 Å². The van der Waals surface area contributed by atoms with E-state index in [0.29, 0.717) is 36.2 Å². The van der Waals surface area contributed by atoms with Crippen LogP contribution in [0.1, 0.15) is 87.7 Å². The van der Waals surface area contributed by atoms with Gasteiger partial charge in [0.05, 0.1) is 49.7 Å². The Balaban J connectivity index is 1.05. The Labute approximate surface area is 372 Å². The first kappa shape index (κ1) is 43.5. The SMILES string of the molecule is CCCN(Cc1nc2ccc3cc(-c4ccc(-c5cnc([C@@H]6CCCN6C(=O)[C@H](NC(=O)OC)c6ccccc6)[nH]5)cc4C#CC4CC4)ccc3c2[nH]1)C(=O)[C@@H](NC(=O)OC)C(C)C. The van der Waals surface area contributed by atoms with Crippen molar-refractivity contribution < 1.29 is 28.7 Å². The van der Waals surface area contributed by atoms with Crippen LogP contribution in [0.25, 0.3) is 44.2 Å². The molecule has 2 aliphatic rings. The number of nitrogens with one attached hydrogen (secondary N) is 4. The van der Waals surface area contributed by atoms with Crippen LogP contribution >= 0.6 is 0 Å². The lowest BCUT2D eigenvalue weighted by atomic mass is 9.94. The number of likely N-dealkylation sites (tertiary alicyclic amines) is 1. The predicted octanol–water partition coefficient (Wildman–Crippen LogP) is 8.41. The largest absolute Gasteiger partial charge is 0.453 e. The van der Waals surface area contributed by atoms with Crippen LogP contribution in [0.3, 0.4) is 0 Å². The van der Waals surface area contributed by atoms with Crippen LogP contribution in [-0.4, -0.2) is 87.1 Å². The van der Waals surface area contributed by atoms with Gasteiger partial charge in [-0.25, -0.2) is 19.6 Å². The third-order valence-corrected chi connectivity index (χ3v) is 12.0. The number of imidazole rings is 2. The summed E-state index contributed by atoms with van der Waals surface area (Å²) in [4.78, 5) is 72.4. The molecule has 8 rings (SSSR count). The molecule has 0 spiro atoms. The molecule has 64 heavy (non-hydrogen) atoms. The van der Waals surface area contributed by atoms with Crippen molar-refractivity contribution in [2.45, 2.75) is 77.5 Å². The van der Waals surface area contributed by atoms with Crippen LogP contribution in [0.5, 0.6) is 0 Å². The van der Waals surface area contributed by atoms with Gasteiger partial charge in [-0.05, 0) is 78.3 Å². The van der Waals surface area contributed by atoms with E-state index in [0.717, 1.165) is 81.9 Å². The molecule has 1 saturated heterocycles. The molecular weight excluding hydrogens is 809 g/mol. The van der Waals surface area contributed by atoms with E-state index in [4.69, 9.17) is 19.4 Å². The van der Waals surface area contributed by atoms with Crippen molar-refractivity contribution in [2.75, 3.05) is 27.3 Å². The number of methoxy groups -OCH3 is 2. The number of carbonyl (C=O) groups is 4. The summed E-state index contributed by atoms with van der Waals surface area (Å²) < 4.78 is 9.66. The summed E-state index contributed by atoms with van der Waals surface area (Å²) in [6, 6.07) is 24.0. The number of hydrogen-bond donors (Lipinski definition) is 4. The summed E-state index contributed by atoms with van der Waals surface area (Å²) in [6.07, 6.45) is 4.98. The fourth-order valence-electron chi connectivity index (χ4n) is 8.43. The molecule has 14 heteroatoms. The number of rotatable bonds is 13. The van der Waals surface area contributed by atoms with Gasteiger partial charge in [0.1, 0.15) is 23.7 Å². The van der Waals surface area contributed by atoms with E-state index >= 15 is 0 Å². The van der Waals surface area contributed by atoms with Gasteiger partial charge in [0, 0.05) is 35.5 Å². The molecule has 4 amide bonds. The molecule has 0 bridgehead atoms. The van der Waals surface area contributed by atoms with E-state index in [-0.39, 0.29) is 30.3 Å². The van der Waals surface area contributed by atoms with Gasteiger partial charge in [0.2, 0.25) is 5.91 Å². The number of aromatic nitrogens is 4. The van der Waals surface area contributed by atoms with E-state index in [2.05, 4.69) is 74.9 Å². The second kappa shape index (κ2) is 19.1. The zero-order valence-electron chi connectivity index (χ0n) is 36.9. The molecule has 0 unspecified atom stereocenters. The minimum atomic E-state index is -0.900. The van der Waals surface area contributed by atoms with Gasteiger partial charge in [0.25, 0.3) is 5.91 Å². The molecule has 1 aliphatic heterocycles. The standard InChI is InChI=1S/C50H54N8O6/c1-6-24-57(47(59)43(30(2)3)55-49(61)63-4)29-42-52-39-23-20-35-26-34(18-22-38(35)45(39)54-42)37-21-19-36(27-33(37)17-16-31-14-15-31)40-28-51-46(53-40)41-13-10-25-58(41)48(60)44(56-50(62)64-5)32-11-8-7-9-12-32/h7-9,11-12,18-23,26-28,30-31,41,43-44H,6,10,13-15,24-25,29H2,1-5H3,(H,51,53)(H,52,54)(H,55,61)(H,56,62)/t41-,43-,44+/m0/s1. The number of hydrogen-bond acceptors (Lipinski definition) is 8. The van der Waals surface area contributed by atoms with Gasteiger partial charge in [-0.3, -0.25) is 9.59 Å². The van der Waals surface area contributed by atoms with Gasteiger partial charge in [-0.2, -0.15) is 0 Å². The van der Waals surface area contributed by atoms with Crippen molar-refractivity contribution in [1.82, 2.24) is 40.4 Å². The van der Waals surface area contributed by atoms with Gasteiger partial charge >= 0.3 is 12.2 Å². The van der Waals surface area contributed by atoms with E-state index in [9.17, 15) is 19.2 Å². The van der Waals surface area contributed by atoms with Gasteiger partial charge in [-0.1, -0.05) is 93.3 Å². The highest BCUT2D eigenvalue weighted by molar-refractivity contribution is 6.05. The monoisotopic (exact) mass is 862 g/mol. The molecular formula is C50H54N8O6. The van der Waals surface area contributed by atoms with Crippen molar-refractivity contribution in [2.24, 2.45) is 11.8 Å². The minimum absolute atomic E-state index is 0.139. The van der Waals surface area contributed by atoms with E-state index in [1.807, 2.05) is 63.4 Å². The van der Waals surface area contributed by atoms with Crippen molar-refractivity contribution in [3.63, 3.8) is 0 Å². The zero-order valence-corrected chi connectivity index (χ0v) is 36.9. The fourth-order valence-corrected chi connectivity index (χ4v) is 8.43. The molecule has 0 radical (unpaired) electrons. The molecule has 14 nitrogen and oxygen atoms in total. The summed E-state index contributed by atoms with van der Waals surface area (Å²) >= 11 is 0. The number of amides is 4. The molecule has 1 aliphatic carbocycles. The summed E-state index contributed by atoms with van der Waals surface area (Å²) in [5.41, 5.74) is 7.04. The maximum absolute atomic E-state index is 14.1. The Morgan fingerprint density at radius 2 is 1.67 bits per heavy atom. The molecule has 4 N–H and O–H groups in total. The molecule has 3 heterocycles. The third kappa shape index (κ3) is 9.44. The lowest BCUT2D eigenvalue weighted by Crippen LogP contribution is -2.51. The first-order valence-corrected chi connectivity index (χ1v) is 22.0. The number of nitrogens with zero attached hydrogens (tertiary/aromatic N) is 4. The smallest absolute Gasteiger partial charge is 0.407 e. The van der Waals surface area contributed by atoms with Crippen molar-refractivity contribution in [3.05, 3.63) is 108 Å². The highest BCUT2D eigenvalue weighted by Gasteiger charge is 2.37. The van der Waals surface area contributed by atoms with E-state index in [1.165, 1.54) is 14.2 Å². The minimum Gasteiger partial charge on any atom is -0.453 e. The Hall–Kier alpha value is -7.14. The summed E-state index contributed by atoms with van der Waals surface area (Å²) in [5.74, 6) is 8.16. The normalized spacial score (nSPS) is 15.7. The molecule has 330 valence electrons. The van der Waals surface area contributed by atoms with E-state index < -0.39 is 24.3 Å².